The number of nitrogens with zero attached hydrogens (tertiary/aromatic N) is 3. The van der Waals surface area contributed by atoms with Crippen molar-refractivity contribution < 1.29 is 9.90 Å². The zero-order valence-corrected chi connectivity index (χ0v) is 18.2. The van der Waals surface area contributed by atoms with E-state index >= 15 is 0 Å². The molecule has 25 heavy (non-hydrogen) atoms. The van der Waals surface area contributed by atoms with Crippen LogP contribution < -0.4 is 16.0 Å². The third-order valence-corrected chi connectivity index (χ3v) is 3.17. The summed E-state index contributed by atoms with van der Waals surface area (Å²) in [4.78, 5) is 16.1. The average Bonchev–Trinajstić information content (AvgIpc) is 2.87. The lowest BCUT2D eigenvalue weighted by molar-refractivity contribution is -0.121. The van der Waals surface area contributed by atoms with Gasteiger partial charge < -0.3 is 21.1 Å². The second-order valence-corrected chi connectivity index (χ2v) is 7.02. The lowest BCUT2D eigenvalue weighted by Gasteiger charge is -2.24. The highest BCUT2D eigenvalue weighted by atomic mass is 127. The Labute approximate surface area is 166 Å². The third-order valence-electron chi connectivity index (χ3n) is 3.17. The number of guanidine groups is 1. The fraction of sp³-hybridized carbons (Fsp3) is 0.688. The summed E-state index contributed by atoms with van der Waals surface area (Å²) in [5.74, 6) is 0.324. The number of aromatic nitrogens is 2. The normalized spacial score (nSPS) is 14.3. The highest BCUT2D eigenvalue weighted by molar-refractivity contribution is 14.0. The smallest absolute Gasteiger partial charge is 0.242 e. The predicted octanol–water partition coefficient (Wildman–Crippen LogP) is 0.715. The number of halogens is 1. The molecule has 1 atom stereocenters. The summed E-state index contributed by atoms with van der Waals surface area (Å²) < 4.78 is 1.64. The number of hydrogen-bond donors (Lipinski definition) is 4. The molecule has 9 heteroatoms. The van der Waals surface area contributed by atoms with Gasteiger partial charge in [-0.15, -0.1) is 24.0 Å². The summed E-state index contributed by atoms with van der Waals surface area (Å²) in [5, 5.41) is 23.6. The van der Waals surface area contributed by atoms with E-state index in [1.165, 1.54) is 0 Å². The van der Waals surface area contributed by atoms with Crippen LogP contribution in [0, 0.1) is 0 Å². The molecule has 1 amide bonds. The van der Waals surface area contributed by atoms with Crippen LogP contribution in [0.1, 0.15) is 40.2 Å². The molecule has 0 saturated heterocycles. The number of aliphatic imine (C=N–C) groups is 1. The number of carbonyl (C=O) groups is 1. The topological polar surface area (TPSA) is 104 Å². The van der Waals surface area contributed by atoms with E-state index in [0.717, 1.165) is 0 Å². The molecule has 0 radical (unpaired) electrons. The van der Waals surface area contributed by atoms with Crippen LogP contribution in [0.2, 0.25) is 0 Å². The van der Waals surface area contributed by atoms with Crippen LogP contribution in [0.4, 0.5) is 0 Å². The largest absolute Gasteiger partial charge is 0.383 e. The van der Waals surface area contributed by atoms with E-state index < -0.39 is 5.60 Å². The van der Waals surface area contributed by atoms with Gasteiger partial charge in [-0.2, -0.15) is 5.10 Å². The number of rotatable bonds is 6. The third kappa shape index (κ3) is 9.05. The zero-order chi connectivity index (χ0) is 18.4. The van der Waals surface area contributed by atoms with Gasteiger partial charge in [0.25, 0.3) is 0 Å². The molecule has 1 heterocycles. The van der Waals surface area contributed by atoms with Gasteiger partial charge in [0.05, 0.1) is 12.7 Å². The highest BCUT2D eigenvalue weighted by Gasteiger charge is 2.25. The van der Waals surface area contributed by atoms with Crippen molar-refractivity contribution >= 4 is 35.8 Å². The number of nitrogens with one attached hydrogen (secondary N) is 3. The van der Waals surface area contributed by atoms with Gasteiger partial charge in [-0.1, -0.05) is 0 Å². The van der Waals surface area contributed by atoms with Crippen LogP contribution in [0.25, 0.3) is 0 Å². The van der Waals surface area contributed by atoms with Crippen LogP contribution in [0.5, 0.6) is 0 Å². The van der Waals surface area contributed by atoms with E-state index in [1.54, 1.807) is 31.0 Å². The van der Waals surface area contributed by atoms with Crippen molar-refractivity contribution in [2.24, 2.45) is 12.0 Å². The van der Waals surface area contributed by atoms with Crippen molar-refractivity contribution in [3.05, 3.63) is 18.0 Å². The zero-order valence-electron chi connectivity index (χ0n) is 15.9. The minimum absolute atomic E-state index is 0. The van der Waals surface area contributed by atoms with Crippen LogP contribution in [0.3, 0.4) is 0 Å². The molecule has 1 rings (SSSR count). The number of aliphatic hydroxyl groups is 1. The predicted molar refractivity (Wildman–Crippen MR) is 110 cm³/mol. The van der Waals surface area contributed by atoms with E-state index in [-0.39, 0.29) is 48.5 Å². The Bertz CT molecular complexity index is 577. The van der Waals surface area contributed by atoms with Gasteiger partial charge in [0.2, 0.25) is 5.91 Å². The molecular weight excluding hydrogens is 435 g/mol. The molecule has 1 unspecified atom stereocenters. The van der Waals surface area contributed by atoms with E-state index in [1.807, 2.05) is 27.7 Å². The molecule has 0 aliphatic heterocycles. The quantitative estimate of drug-likeness (QED) is 0.281. The Balaban J connectivity index is 0.00000576. The monoisotopic (exact) mass is 466 g/mol. The number of hydrogen-bond acceptors (Lipinski definition) is 4. The van der Waals surface area contributed by atoms with Crippen LogP contribution in [0.15, 0.2) is 17.4 Å². The van der Waals surface area contributed by atoms with E-state index in [0.29, 0.717) is 18.1 Å². The maximum atomic E-state index is 11.9. The van der Waals surface area contributed by atoms with Gasteiger partial charge in [0, 0.05) is 30.9 Å². The molecule has 0 fully saturated rings. The van der Waals surface area contributed by atoms with Crippen LogP contribution in [-0.2, 0) is 17.4 Å². The van der Waals surface area contributed by atoms with Crippen molar-refractivity contribution in [2.75, 3.05) is 19.6 Å². The fourth-order valence-corrected chi connectivity index (χ4v) is 2.01. The van der Waals surface area contributed by atoms with Crippen molar-refractivity contribution in [3.8, 4) is 0 Å². The standard InChI is InChI=1S/C16H30N6O2.HI/c1-7-17-14(18-9-13(23)21-15(2,3)4)19-11-16(5,24)12-8-20-22(6)10-12;/h8,10,24H,7,9,11H2,1-6H3,(H,21,23)(H2,17,18,19);1H. The minimum Gasteiger partial charge on any atom is -0.383 e. The fourth-order valence-electron chi connectivity index (χ4n) is 2.01. The van der Waals surface area contributed by atoms with E-state index in [4.69, 9.17) is 0 Å². The van der Waals surface area contributed by atoms with Gasteiger partial charge in [-0.05, 0) is 34.6 Å². The van der Waals surface area contributed by atoms with Crippen molar-refractivity contribution in [3.63, 3.8) is 0 Å². The van der Waals surface area contributed by atoms with E-state index in [2.05, 4.69) is 26.0 Å². The SMILES string of the molecule is CCNC(=NCC(=O)NC(C)(C)C)NCC(C)(O)c1cnn(C)c1.I. The molecule has 0 aromatic carbocycles. The summed E-state index contributed by atoms with van der Waals surface area (Å²) in [6.45, 7) is 10.3. The molecule has 8 nitrogen and oxygen atoms in total. The molecular formula is C16H31IN6O2. The molecule has 0 aliphatic carbocycles. The first-order valence-electron chi connectivity index (χ1n) is 8.08. The molecule has 1 aromatic heterocycles. The van der Waals surface area contributed by atoms with Crippen LogP contribution in [-0.4, -0.2) is 51.9 Å². The van der Waals surface area contributed by atoms with E-state index in [9.17, 15) is 9.90 Å². The van der Waals surface area contributed by atoms with Gasteiger partial charge in [-0.25, -0.2) is 4.99 Å². The molecule has 144 valence electrons. The Hall–Kier alpha value is -1.36. The minimum atomic E-state index is -1.10. The molecule has 0 bridgehead atoms. The first-order chi connectivity index (χ1) is 11.0. The number of amides is 1. The first kappa shape index (κ1) is 23.6. The summed E-state index contributed by atoms with van der Waals surface area (Å²) in [5.41, 5.74) is -0.681. The Kier molecular flexibility index (Phi) is 9.41. The molecule has 4 N–H and O–H groups in total. The first-order valence-corrected chi connectivity index (χ1v) is 8.08. The van der Waals surface area contributed by atoms with Gasteiger partial charge >= 0.3 is 0 Å². The molecule has 0 aliphatic rings. The van der Waals surface area contributed by atoms with Crippen LogP contribution >= 0.6 is 24.0 Å². The second kappa shape index (κ2) is 9.95. The second-order valence-electron chi connectivity index (χ2n) is 7.02. The van der Waals surface area contributed by atoms with Gasteiger partial charge in [0.15, 0.2) is 5.96 Å². The van der Waals surface area contributed by atoms with Crippen molar-refractivity contribution in [1.29, 1.82) is 0 Å². The molecule has 1 aromatic rings. The Morgan fingerprint density at radius 1 is 1.32 bits per heavy atom. The van der Waals surface area contributed by atoms with Crippen molar-refractivity contribution in [1.82, 2.24) is 25.7 Å². The lowest BCUT2D eigenvalue weighted by Crippen LogP contribution is -2.46. The summed E-state index contributed by atoms with van der Waals surface area (Å²) >= 11 is 0. The average molecular weight is 466 g/mol. The Morgan fingerprint density at radius 3 is 2.44 bits per heavy atom. The van der Waals surface area contributed by atoms with Crippen molar-refractivity contribution in [2.45, 2.75) is 45.8 Å². The Morgan fingerprint density at radius 2 is 1.96 bits per heavy atom. The summed E-state index contributed by atoms with van der Waals surface area (Å²) in [6.07, 6.45) is 3.39. The maximum absolute atomic E-state index is 11.9. The van der Waals surface area contributed by atoms with Gasteiger partial charge in [0.1, 0.15) is 12.1 Å². The van der Waals surface area contributed by atoms with Gasteiger partial charge in [-0.3, -0.25) is 9.48 Å². The summed E-state index contributed by atoms with van der Waals surface area (Å²) in [7, 11) is 1.80. The number of aryl methyl sites for hydroxylation is 1. The summed E-state index contributed by atoms with van der Waals surface area (Å²) in [6, 6.07) is 0. The highest BCUT2D eigenvalue weighted by Crippen LogP contribution is 2.18. The lowest BCUT2D eigenvalue weighted by atomic mass is 10.00. The molecule has 0 spiro atoms. The molecule has 0 saturated carbocycles. The maximum Gasteiger partial charge on any atom is 0.242 e. The number of carbonyl (C=O) groups excluding carboxylic acids is 1.